The monoisotopic (exact) mass is 414 g/mol. The van der Waals surface area contributed by atoms with Crippen LogP contribution in [0.15, 0.2) is 40.9 Å². The molecule has 0 atom stereocenters. The molecule has 11 heteroatoms. The Kier molecular flexibility index (Phi) is 5.13. The van der Waals surface area contributed by atoms with Crippen LogP contribution < -0.4 is 20.5 Å². The van der Waals surface area contributed by atoms with E-state index >= 15 is 0 Å². The van der Waals surface area contributed by atoms with Gasteiger partial charge in [-0.2, -0.15) is 13.7 Å². The average Bonchev–Trinajstić information content (AvgIpc) is 2.64. The highest BCUT2D eigenvalue weighted by Crippen LogP contribution is 2.30. The van der Waals surface area contributed by atoms with Crippen molar-refractivity contribution in [1.29, 1.82) is 5.26 Å². The zero-order valence-corrected chi connectivity index (χ0v) is 16.4. The number of benzene rings is 1. The third-order valence-corrected chi connectivity index (χ3v) is 4.83. The summed E-state index contributed by atoms with van der Waals surface area (Å²) in [6, 6.07) is 9.56. The normalized spacial score (nSPS) is 14.6. The third kappa shape index (κ3) is 4.61. The Morgan fingerprint density at radius 3 is 2.86 bits per heavy atom. The summed E-state index contributed by atoms with van der Waals surface area (Å²) in [5.74, 6) is -0.248. The number of fused-ring (bicyclic) bond motifs is 1. The number of anilines is 1. The zero-order valence-electron chi connectivity index (χ0n) is 15.6. The lowest BCUT2D eigenvalue weighted by Crippen LogP contribution is -2.48. The number of hydrogen-bond acceptors (Lipinski definition) is 7. The Labute approximate surface area is 167 Å². The van der Waals surface area contributed by atoms with Crippen LogP contribution in [-0.2, 0) is 10.2 Å². The SMILES string of the molecule is CC(C)(COc1cccc2c1C(N)=NS(=O)(=O)N2)NC(=O)c1ccnc(C#N)c1. The molecule has 0 saturated heterocycles. The van der Waals surface area contributed by atoms with Gasteiger partial charge in [0, 0.05) is 11.8 Å². The second-order valence-electron chi connectivity index (χ2n) is 6.90. The topological polar surface area (TPSA) is 160 Å². The first-order valence-electron chi connectivity index (χ1n) is 8.43. The highest BCUT2D eigenvalue weighted by molar-refractivity contribution is 7.91. The molecule has 1 aliphatic heterocycles. The first kappa shape index (κ1) is 20.1. The predicted molar refractivity (Wildman–Crippen MR) is 106 cm³/mol. The van der Waals surface area contributed by atoms with E-state index in [1.807, 2.05) is 6.07 Å². The fraction of sp³-hybridized carbons (Fsp3) is 0.222. The minimum Gasteiger partial charge on any atom is -0.490 e. The molecule has 10 nitrogen and oxygen atoms in total. The van der Waals surface area contributed by atoms with Crippen LogP contribution in [0.1, 0.15) is 35.5 Å². The van der Waals surface area contributed by atoms with Crippen molar-refractivity contribution in [1.82, 2.24) is 10.3 Å². The average molecular weight is 414 g/mol. The molecule has 0 spiro atoms. The molecule has 0 bridgehead atoms. The maximum atomic E-state index is 12.5. The van der Waals surface area contributed by atoms with E-state index in [2.05, 4.69) is 19.4 Å². The van der Waals surface area contributed by atoms with Crippen molar-refractivity contribution in [3.8, 4) is 11.8 Å². The molecule has 0 unspecified atom stereocenters. The molecule has 1 amide bonds. The third-order valence-electron chi connectivity index (χ3n) is 3.92. The van der Waals surface area contributed by atoms with Gasteiger partial charge in [-0.15, -0.1) is 4.40 Å². The number of amides is 1. The Balaban J connectivity index is 1.74. The number of aromatic nitrogens is 1. The summed E-state index contributed by atoms with van der Waals surface area (Å²) in [4.78, 5) is 16.3. The van der Waals surface area contributed by atoms with Gasteiger partial charge in [0.15, 0.2) is 5.84 Å². The van der Waals surface area contributed by atoms with Gasteiger partial charge >= 0.3 is 10.2 Å². The van der Waals surface area contributed by atoms with Gasteiger partial charge in [-0.3, -0.25) is 9.52 Å². The molecule has 150 valence electrons. The van der Waals surface area contributed by atoms with Crippen molar-refractivity contribution in [3.05, 3.63) is 53.3 Å². The Hall–Kier alpha value is -3.65. The number of nitriles is 1. The van der Waals surface area contributed by atoms with Crippen LogP contribution in [0.5, 0.6) is 5.75 Å². The molecular weight excluding hydrogens is 396 g/mol. The molecule has 4 N–H and O–H groups in total. The van der Waals surface area contributed by atoms with Crippen molar-refractivity contribution in [2.45, 2.75) is 19.4 Å². The number of nitrogens with two attached hydrogens (primary N) is 1. The van der Waals surface area contributed by atoms with Gasteiger partial charge in [0.1, 0.15) is 24.1 Å². The van der Waals surface area contributed by atoms with Crippen LogP contribution in [-0.4, -0.2) is 37.3 Å². The first-order chi connectivity index (χ1) is 13.6. The van der Waals surface area contributed by atoms with E-state index in [-0.39, 0.29) is 29.7 Å². The van der Waals surface area contributed by atoms with Gasteiger partial charge < -0.3 is 15.8 Å². The summed E-state index contributed by atoms with van der Waals surface area (Å²) in [6.07, 6.45) is 1.39. The second-order valence-corrected chi connectivity index (χ2v) is 8.24. The largest absolute Gasteiger partial charge is 0.490 e. The Bertz CT molecular complexity index is 1150. The van der Waals surface area contributed by atoms with Gasteiger partial charge in [-0.25, -0.2) is 4.98 Å². The number of hydrogen-bond donors (Lipinski definition) is 3. The molecule has 0 aliphatic carbocycles. The van der Waals surface area contributed by atoms with Crippen LogP contribution in [0.4, 0.5) is 5.69 Å². The number of nitrogens with zero attached hydrogens (tertiary/aromatic N) is 3. The highest BCUT2D eigenvalue weighted by Gasteiger charge is 2.27. The quantitative estimate of drug-likeness (QED) is 0.655. The van der Waals surface area contributed by atoms with Crippen molar-refractivity contribution < 1.29 is 17.9 Å². The first-order valence-corrected chi connectivity index (χ1v) is 9.87. The number of pyridine rings is 1. The minimum absolute atomic E-state index is 0.0609. The second kappa shape index (κ2) is 7.40. The van der Waals surface area contributed by atoms with E-state index in [4.69, 9.17) is 15.7 Å². The molecule has 2 aromatic rings. The van der Waals surface area contributed by atoms with Crippen molar-refractivity contribution >= 4 is 27.6 Å². The van der Waals surface area contributed by atoms with E-state index in [1.165, 1.54) is 18.3 Å². The fourth-order valence-electron chi connectivity index (χ4n) is 2.64. The maximum Gasteiger partial charge on any atom is 0.344 e. The Morgan fingerprint density at radius 2 is 2.14 bits per heavy atom. The summed E-state index contributed by atoms with van der Waals surface area (Å²) in [5, 5.41) is 11.7. The van der Waals surface area contributed by atoms with Crippen molar-refractivity contribution in [3.63, 3.8) is 0 Å². The highest BCUT2D eigenvalue weighted by atomic mass is 32.2. The maximum absolute atomic E-state index is 12.5. The van der Waals surface area contributed by atoms with Crippen LogP contribution in [0.3, 0.4) is 0 Å². The fourth-order valence-corrected chi connectivity index (χ4v) is 3.49. The van der Waals surface area contributed by atoms with E-state index in [0.29, 0.717) is 16.9 Å². The molecule has 3 rings (SSSR count). The molecule has 29 heavy (non-hydrogen) atoms. The summed E-state index contributed by atoms with van der Waals surface area (Å²) >= 11 is 0. The molecule has 0 fully saturated rings. The smallest absolute Gasteiger partial charge is 0.344 e. The minimum atomic E-state index is -3.89. The molecule has 2 heterocycles. The van der Waals surface area contributed by atoms with Crippen LogP contribution >= 0.6 is 0 Å². The standard InChI is InChI=1S/C18H18N6O4S/c1-18(2,22-17(25)11-6-7-21-12(8-11)9-19)10-28-14-5-3-4-13-15(14)16(20)24-29(26,27)23-13/h3-8,23H,10H2,1-2H3,(H2,20,24)(H,22,25). The van der Waals surface area contributed by atoms with Gasteiger partial charge in [0.2, 0.25) is 0 Å². The van der Waals surface area contributed by atoms with Gasteiger partial charge in [-0.1, -0.05) is 6.07 Å². The predicted octanol–water partition coefficient (Wildman–Crippen LogP) is 0.916. The molecular formula is C18H18N6O4S. The lowest BCUT2D eigenvalue weighted by molar-refractivity contribution is 0.0880. The van der Waals surface area contributed by atoms with Crippen molar-refractivity contribution in [2.24, 2.45) is 10.1 Å². The van der Waals surface area contributed by atoms with E-state index in [0.717, 1.165) is 0 Å². The molecule has 0 saturated carbocycles. The van der Waals surface area contributed by atoms with E-state index < -0.39 is 15.7 Å². The van der Waals surface area contributed by atoms with E-state index in [1.54, 1.807) is 32.0 Å². The van der Waals surface area contributed by atoms with E-state index in [9.17, 15) is 13.2 Å². The molecule has 0 radical (unpaired) electrons. The number of ether oxygens (including phenoxy) is 1. The number of amidine groups is 1. The number of carbonyl (C=O) groups excluding carboxylic acids is 1. The van der Waals surface area contributed by atoms with Gasteiger partial charge in [0.25, 0.3) is 5.91 Å². The van der Waals surface area contributed by atoms with Gasteiger partial charge in [0.05, 0.1) is 16.8 Å². The Morgan fingerprint density at radius 1 is 1.38 bits per heavy atom. The summed E-state index contributed by atoms with van der Waals surface area (Å²) in [7, 11) is -3.89. The zero-order chi connectivity index (χ0) is 21.2. The van der Waals surface area contributed by atoms with Gasteiger partial charge in [-0.05, 0) is 38.1 Å². The van der Waals surface area contributed by atoms with Crippen LogP contribution in [0, 0.1) is 11.3 Å². The molecule has 1 aromatic heterocycles. The summed E-state index contributed by atoms with van der Waals surface area (Å²) in [5.41, 5.74) is 6.03. The molecule has 1 aromatic carbocycles. The number of rotatable bonds is 5. The van der Waals surface area contributed by atoms with Crippen LogP contribution in [0.2, 0.25) is 0 Å². The van der Waals surface area contributed by atoms with Crippen LogP contribution in [0.25, 0.3) is 0 Å². The van der Waals surface area contributed by atoms with Crippen molar-refractivity contribution in [2.75, 3.05) is 11.3 Å². The lowest BCUT2D eigenvalue weighted by atomic mass is 10.1. The summed E-state index contributed by atoms with van der Waals surface area (Å²) < 4.78 is 34.9. The number of carbonyl (C=O) groups is 1. The lowest BCUT2D eigenvalue weighted by Gasteiger charge is -2.27. The summed E-state index contributed by atoms with van der Waals surface area (Å²) in [6.45, 7) is 3.57. The molecule has 1 aliphatic rings. The number of nitrogens with one attached hydrogen (secondary N) is 2.